The zero-order valence-electron chi connectivity index (χ0n) is 17.7. The summed E-state index contributed by atoms with van der Waals surface area (Å²) in [7, 11) is 0. The van der Waals surface area contributed by atoms with E-state index in [9.17, 15) is 4.79 Å². The Morgan fingerprint density at radius 1 is 1.00 bits per heavy atom. The molecule has 1 amide bonds. The van der Waals surface area contributed by atoms with E-state index in [2.05, 4.69) is 77.5 Å². The number of halogens is 3. The standard InChI is InChI=1S/C25H21Br3N2O2S/c1-2-15-5-9-19(10-6-15)29-25-30-24(31)22(33-25)13-17-11-20(27)23(21(28)12-17)32-14-16-3-7-18(26)8-4-16/h3-13,25,29H,2,14H2,1H3,(H,30,31)/b22-13-/t25-/m0/s1. The van der Waals surface area contributed by atoms with E-state index in [0.29, 0.717) is 11.5 Å². The number of hydrogen-bond donors (Lipinski definition) is 2. The molecule has 3 aromatic carbocycles. The first-order chi connectivity index (χ1) is 15.9. The van der Waals surface area contributed by atoms with Gasteiger partial charge < -0.3 is 15.4 Å². The van der Waals surface area contributed by atoms with Crippen LogP contribution in [-0.2, 0) is 17.8 Å². The number of amides is 1. The lowest BCUT2D eigenvalue weighted by Crippen LogP contribution is -2.30. The van der Waals surface area contributed by atoms with Gasteiger partial charge in [0.15, 0.2) is 5.50 Å². The van der Waals surface area contributed by atoms with E-state index in [1.54, 1.807) is 0 Å². The number of hydrogen-bond acceptors (Lipinski definition) is 4. The highest BCUT2D eigenvalue weighted by molar-refractivity contribution is 9.11. The predicted molar refractivity (Wildman–Crippen MR) is 147 cm³/mol. The minimum Gasteiger partial charge on any atom is -0.487 e. The average molecular weight is 653 g/mol. The van der Waals surface area contributed by atoms with Crippen LogP contribution in [0.25, 0.3) is 6.08 Å². The lowest BCUT2D eigenvalue weighted by molar-refractivity contribution is -0.116. The molecule has 0 aliphatic carbocycles. The van der Waals surface area contributed by atoms with Gasteiger partial charge in [-0.2, -0.15) is 0 Å². The summed E-state index contributed by atoms with van der Waals surface area (Å²) in [4.78, 5) is 13.2. The molecule has 1 aliphatic rings. The first-order valence-electron chi connectivity index (χ1n) is 10.3. The molecule has 0 unspecified atom stereocenters. The molecule has 4 rings (SSSR count). The van der Waals surface area contributed by atoms with Crippen LogP contribution in [0, 0.1) is 0 Å². The molecular formula is C25H21Br3N2O2S. The smallest absolute Gasteiger partial charge is 0.260 e. The largest absolute Gasteiger partial charge is 0.487 e. The second kappa shape index (κ2) is 11.1. The lowest BCUT2D eigenvalue weighted by atomic mass is 10.1. The molecule has 1 aliphatic heterocycles. The number of aryl methyl sites for hydroxylation is 1. The Hall–Kier alpha value is -1.74. The Labute approximate surface area is 223 Å². The summed E-state index contributed by atoms with van der Waals surface area (Å²) >= 11 is 12.1. The Kier molecular flexibility index (Phi) is 8.22. The summed E-state index contributed by atoms with van der Waals surface area (Å²) < 4.78 is 8.68. The third-order valence-corrected chi connectivity index (χ3v) is 7.74. The second-order valence-corrected chi connectivity index (χ2v) is 11.2. The zero-order valence-corrected chi connectivity index (χ0v) is 23.3. The van der Waals surface area contributed by atoms with Crippen molar-refractivity contribution in [2.75, 3.05) is 5.32 Å². The van der Waals surface area contributed by atoms with E-state index >= 15 is 0 Å². The maximum atomic E-state index is 12.5. The van der Waals surface area contributed by atoms with Gasteiger partial charge in [-0.1, -0.05) is 58.9 Å². The van der Waals surface area contributed by atoms with Crippen LogP contribution in [0.2, 0.25) is 0 Å². The SMILES string of the molecule is CCc1ccc(N[C@H]2NC(=O)/C(=C/c3cc(Br)c(OCc4ccc(Br)cc4)c(Br)c3)S2)cc1. The molecule has 1 saturated heterocycles. The van der Waals surface area contributed by atoms with Crippen LogP contribution in [0.15, 0.2) is 79.0 Å². The number of thioether (sulfide) groups is 1. The van der Waals surface area contributed by atoms with Gasteiger partial charge in [-0.25, -0.2) is 0 Å². The quantitative estimate of drug-likeness (QED) is 0.257. The van der Waals surface area contributed by atoms with Gasteiger partial charge in [0.2, 0.25) is 0 Å². The molecule has 2 N–H and O–H groups in total. The average Bonchev–Trinajstić information content (AvgIpc) is 3.13. The molecule has 1 fully saturated rings. The van der Waals surface area contributed by atoms with Gasteiger partial charge in [-0.3, -0.25) is 4.79 Å². The Balaban J connectivity index is 1.43. The molecule has 170 valence electrons. The third kappa shape index (κ3) is 6.44. The molecule has 0 bridgehead atoms. The Morgan fingerprint density at radius 2 is 1.64 bits per heavy atom. The predicted octanol–water partition coefficient (Wildman–Crippen LogP) is 7.72. The normalized spacial score (nSPS) is 16.7. The summed E-state index contributed by atoms with van der Waals surface area (Å²) in [5.74, 6) is 0.629. The third-order valence-electron chi connectivity index (χ3n) is 5.01. The minimum atomic E-state index is -0.211. The van der Waals surface area contributed by atoms with E-state index in [1.807, 2.05) is 54.6 Å². The minimum absolute atomic E-state index is 0.0921. The molecule has 1 atom stereocenters. The van der Waals surface area contributed by atoms with Crippen LogP contribution < -0.4 is 15.4 Å². The van der Waals surface area contributed by atoms with Crippen molar-refractivity contribution in [3.05, 3.63) is 95.7 Å². The van der Waals surface area contributed by atoms with Crippen molar-refractivity contribution >= 4 is 77.2 Å². The fourth-order valence-electron chi connectivity index (χ4n) is 3.24. The number of benzene rings is 3. The first kappa shape index (κ1) is 24.4. The number of anilines is 1. The lowest BCUT2D eigenvalue weighted by Gasteiger charge is -2.13. The highest BCUT2D eigenvalue weighted by Gasteiger charge is 2.27. The van der Waals surface area contributed by atoms with Crippen LogP contribution in [0.3, 0.4) is 0 Å². The summed E-state index contributed by atoms with van der Waals surface area (Å²) in [6.07, 6.45) is 2.89. The molecule has 8 heteroatoms. The van der Waals surface area contributed by atoms with Crippen LogP contribution in [0.5, 0.6) is 5.75 Å². The van der Waals surface area contributed by atoms with Crippen molar-refractivity contribution in [1.82, 2.24) is 5.32 Å². The first-order valence-corrected chi connectivity index (χ1v) is 13.6. The topological polar surface area (TPSA) is 50.4 Å². The zero-order chi connectivity index (χ0) is 23.4. The second-order valence-electron chi connectivity index (χ2n) is 7.40. The molecular weight excluding hydrogens is 632 g/mol. The fraction of sp³-hybridized carbons (Fsp3) is 0.160. The maximum Gasteiger partial charge on any atom is 0.260 e. The molecule has 0 aromatic heterocycles. The molecule has 0 radical (unpaired) electrons. The van der Waals surface area contributed by atoms with E-state index in [0.717, 1.165) is 42.4 Å². The molecule has 4 nitrogen and oxygen atoms in total. The monoisotopic (exact) mass is 650 g/mol. The number of ether oxygens (including phenoxy) is 1. The highest BCUT2D eigenvalue weighted by atomic mass is 79.9. The van der Waals surface area contributed by atoms with E-state index in [1.165, 1.54) is 17.3 Å². The van der Waals surface area contributed by atoms with E-state index in [-0.39, 0.29) is 11.4 Å². The Morgan fingerprint density at radius 3 is 2.27 bits per heavy atom. The van der Waals surface area contributed by atoms with Gasteiger partial charge in [0.1, 0.15) is 12.4 Å². The van der Waals surface area contributed by atoms with Crippen LogP contribution >= 0.6 is 59.6 Å². The van der Waals surface area contributed by atoms with Crippen molar-refractivity contribution < 1.29 is 9.53 Å². The van der Waals surface area contributed by atoms with Gasteiger partial charge in [-0.15, -0.1) is 0 Å². The van der Waals surface area contributed by atoms with Crippen molar-refractivity contribution in [3.8, 4) is 5.75 Å². The van der Waals surface area contributed by atoms with Gasteiger partial charge in [0.25, 0.3) is 5.91 Å². The molecule has 33 heavy (non-hydrogen) atoms. The highest BCUT2D eigenvalue weighted by Crippen LogP contribution is 2.37. The maximum absolute atomic E-state index is 12.5. The summed E-state index contributed by atoms with van der Waals surface area (Å²) in [5, 5.41) is 6.33. The van der Waals surface area contributed by atoms with Crippen molar-refractivity contribution in [3.63, 3.8) is 0 Å². The fourth-order valence-corrected chi connectivity index (χ4v) is 5.94. The van der Waals surface area contributed by atoms with Crippen LogP contribution in [0.4, 0.5) is 5.69 Å². The molecule has 0 saturated carbocycles. The van der Waals surface area contributed by atoms with Crippen LogP contribution in [-0.4, -0.2) is 11.4 Å². The summed E-state index contributed by atoms with van der Waals surface area (Å²) in [6.45, 7) is 2.58. The number of carbonyl (C=O) groups is 1. The van der Waals surface area contributed by atoms with Crippen molar-refractivity contribution in [2.24, 2.45) is 0 Å². The molecule has 3 aromatic rings. The summed E-state index contributed by atoms with van der Waals surface area (Å²) in [5.41, 5.74) is 4.02. The van der Waals surface area contributed by atoms with E-state index in [4.69, 9.17) is 4.74 Å². The van der Waals surface area contributed by atoms with Crippen LogP contribution in [0.1, 0.15) is 23.6 Å². The number of carbonyl (C=O) groups excluding carboxylic acids is 1. The number of nitrogens with one attached hydrogen (secondary N) is 2. The van der Waals surface area contributed by atoms with E-state index < -0.39 is 0 Å². The van der Waals surface area contributed by atoms with Crippen molar-refractivity contribution in [2.45, 2.75) is 25.4 Å². The van der Waals surface area contributed by atoms with Crippen molar-refractivity contribution in [1.29, 1.82) is 0 Å². The number of rotatable bonds is 7. The summed E-state index contributed by atoms with van der Waals surface area (Å²) in [6, 6.07) is 20.2. The van der Waals surface area contributed by atoms with Gasteiger partial charge >= 0.3 is 0 Å². The molecule has 0 spiro atoms. The molecule has 1 heterocycles. The van der Waals surface area contributed by atoms with Gasteiger partial charge in [0.05, 0.1) is 13.9 Å². The Bertz CT molecular complexity index is 1160. The van der Waals surface area contributed by atoms with Gasteiger partial charge in [-0.05, 0) is 97.4 Å². The van der Waals surface area contributed by atoms with Gasteiger partial charge in [0, 0.05) is 10.2 Å².